The van der Waals surface area contributed by atoms with Gasteiger partial charge >= 0.3 is 0 Å². The number of hydrogen-bond donors (Lipinski definition) is 2. The van der Waals surface area contributed by atoms with E-state index in [1.807, 2.05) is 37.3 Å². The zero-order valence-corrected chi connectivity index (χ0v) is 10.6. The first-order valence-electron chi connectivity index (χ1n) is 5.85. The Balaban J connectivity index is 2.08. The van der Waals surface area contributed by atoms with Crippen LogP contribution in [0.25, 0.3) is 0 Å². The molecule has 94 valence electrons. The van der Waals surface area contributed by atoms with Crippen molar-refractivity contribution >= 4 is 5.69 Å². The molecule has 0 aliphatic carbocycles. The molecule has 2 aromatic rings. The first-order chi connectivity index (χ1) is 8.69. The van der Waals surface area contributed by atoms with Crippen LogP contribution in [0.1, 0.15) is 11.1 Å². The quantitative estimate of drug-likeness (QED) is 0.865. The molecule has 2 N–H and O–H groups in total. The standard InChI is InChI=1S/C15H17NO2/c1-11-3-8-14(15(9-11)18-2)16-10-12-4-6-13(17)7-5-12/h3-9,16-17H,10H2,1-2H3. The largest absolute Gasteiger partial charge is 0.508 e. The summed E-state index contributed by atoms with van der Waals surface area (Å²) < 4.78 is 5.33. The molecule has 0 amide bonds. The second-order valence-corrected chi connectivity index (χ2v) is 4.22. The Bertz CT molecular complexity index is 521. The molecule has 3 nitrogen and oxygen atoms in total. The van der Waals surface area contributed by atoms with E-state index < -0.39 is 0 Å². The van der Waals surface area contributed by atoms with Crippen LogP contribution in [0.3, 0.4) is 0 Å². The van der Waals surface area contributed by atoms with Crippen molar-refractivity contribution < 1.29 is 9.84 Å². The maximum Gasteiger partial charge on any atom is 0.142 e. The van der Waals surface area contributed by atoms with Gasteiger partial charge in [0.1, 0.15) is 11.5 Å². The summed E-state index contributed by atoms with van der Waals surface area (Å²) in [5, 5.41) is 12.5. The van der Waals surface area contributed by atoms with Crippen LogP contribution in [-0.2, 0) is 6.54 Å². The fourth-order valence-corrected chi connectivity index (χ4v) is 1.76. The zero-order chi connectivity index (χ0) is 13.0. The Hall–Kier alpha value is -2.16. The third kappa shape index (κ3) is 2.94. The lowest BCUT2D eigenvalue weighted by atomic mass is 10.2. The van der Waals surface area contributed by atoms with Crippen molar-refractivity contribution in [3.05, 3.63) is 53.6 Å². The summed E-state index contributed by atoms with van der Waals surface area (Å²) in [6.07, 6.45) is 0. The Morgan fingerprint density at radius 2 is 1.83 bits per heavy atom. The molecule has 0 bridgehead atoms. The van der Waals surface area contributed by atoms with Crippen molar-refractivity contribution in [1.82, 2.24) is 0 Å². The summed E-state index contributed by atoms with van der Waals surface area (Å²) in [6.45, 7) is 2.73. The average molecular weight is 243 g/mol. The second kappa shape index (κ2) is 5.45. The number of methoxy groups -OCH3 is 1. The van der Waals surface area contributed by atoms with Crippen molar-refractivity contribution in [2.45, 2.75) is 13.5 Å². The number of aryl methyl sites for hydroxylation is 1. The molecule has 0 saturated heterocycles. The molecule has 0 fully saturated rings. The number of phenolic OH excluding ortho intramolecular Hbond substituents is 1. The van der Waals surface area contributed by atoms with Gasteiger partial charge in [0.15, 0.2) is 0 Å². The van der Waals surface area contributed by atoms with Gasteiger partial charge in [-0.1, -0.05) is 18.2 Å². The third-order valence-electron chi connectivity index (χ3n) is 2.78. The number of ether oxygens (including phenoxy) is 1. The number of phenols is 1. The van der Waals surface area contributed by atoms with Crippen LogP contribution in [0.5, 0.6) is 11.5 Å². The van der Waals surface area contributed by atoms with E-state index in [9.17, 15) is 5.11 Å². The molecule has 0 saturated carbocycles. The topological polar surface area (TPSA) is 41.5 Å². The van der Waals surface area contributed by atoms with E-state index in [1.165, 1.54) is 5.56 Å². The predicted molar refractivity (Wildman–Crippen MR) is 73.2 cm³/mol. The molecule has 0 unspecified atom stereocenters. The number of anilines is 1. The summed E-state index contributed by atoms with van der Waals surface area (Å²) in [5.74, 6) is 1.13. The van der Waals surface area contributed by atoms with Gasteiger partial charge in [-0.2, -0.15) is 0 Å². The van der Waals surface area contributed by atoms with E-state index >= 15 is 0 Å². The van der Waals surface area contributed by atoms with Gasteiger partial charge in [-0.05, 0) is 42.3 Å². The fraction of sp³-hybridized carbons (Fsp3) is 0.200. The molecule has 3 heteroatoms. The van der Waals surface area contributed by atoms with Crippen LogP contribution in [0.2, 0.25) is 0 Å². The zero-order valence-electron chi connectivity index (χ0n) is 10.6. The predicted octanol–water partition coefficient (Wildman–Crippen LogP) is 3.32. The number of rotatable bonds is 4. The van der Waals surface area contributed by atoms with Crippen LogP contribution in [0.4, 0.5) is 5.69 Å². The van der Waals surface area contributed by atoms with E-state index in [-0.39, 0.29) is 5.75 Å². The maximum absolute atomic E-state index is 9.21. The summed E-state index contributed by atoms with van der Waals surface area (Å²) in [7, 11) is 1.67. The summed E-state index contributed by atoms with van der Waals surface area (Å²) >= 11 is 0. The average Bonchev–Trinajstić information content (AvgIpc) is 2.39. The number of benzene rings is 2. The molecule has 0 heterocycles. The highest BCUT2D eigenvalue weighted by molar-refractivity contribution is 5.57. The first-order valence-corrected chi connectivity index (χ1v) is 5.85. The molecule has 0 radical (unpaired) electrons. The van der Waals surface area contributed by atoms with Crippen LogP contribution in [0, 0.1) is 6.92 Å². The number of aromatic hydroxyl groups is 1. The van der Waals surface area contributed by atoms with Gasteiger partial charge in [-0.15, -0.1) is 0 Å². The van der Waals surface area contributed by atoms with E-state index in [2.05, 4.69) is 5.32 Å². The van der Waals surface area contributed by atoms with Gasteiger partial charge in [0.25, 0.3) is 0 Å². The van der Waals surface area contributed by atoms with Crippen molar-refractivity contribution in [2.75, 3.05) is 12.4 Å². The normalized spacial score (nSPS) is 10.1. The van der Waals surface area contributed by atoms with E-state index in [4.69, 9.17) is 4.74 Å². The van der Waals surface area contributed by atoms with Crippen LogP contribution in [0.15, 0.2) is 42.5 Å². The Morgan fingerprint density at radius 1 is 1.11 bits per heavy atom. The van der Waals surface area contributed by atoms with Gasteiger partial charge < -0.3 is 15.2 Å². The molecular weight excluding hydrogens is 226 g/mol. The highest BCUT2D eigenvalue weighted by atomic mass is 16.5. The first kappa shape index (κ1) is 12.3. The Kier molecular flexibility index (Phi) is 3.72. The SMILES string of the molecule is COc1cc(C)ccc1NCc1ccc(O)cc1. The van der Waals surface area contributed by atoms with Crippen LogP contribution >= 0.6 is 0 Å². The van der Waals surface area contributed by atoms with Crippen molar-refractivity contribution in [1.29, 1.82) is 0 Å². The Labute approximate surface area is 107 Å². The lowest BCUT2D eigenvalue weighted by Gasteiger charge is -2.12. The molecular formula is C15H17NO2. The molecule has 0 atom stereocenters. The van der Waals surface area contributed by atoms with Gasteiger partial charge in [-0.25, -0.2) is 0 Å². The van der Waals surface area contributed by atoms with Gasteiger partial charge in [-0.3, -0.25) is 0 Å². The van der Waals surface area contributed by atoms with E-state index in [0.717, 1.165) is 17.0 Å². The lowest BCUT2D eigenvalue weighted by Crippen LogP contribution is -2.01. The van der Waals surface area contributed by atoms with Crippen molar-refractivity contribution in [3.63, 3.8) is 0 Å². The van der Waals surface area contributed by atoms with Crippen molar-refractivity contribution in [3.8, 4) is 11.5 Å². The number of nitrogens with one attached hydrogen (secondary N) is 1. The fourth-order valence-electron chi connectivity index (χ4n) is 1.76. The highest BCUT2D eigenvalue weighted by Crippen LogP contribution is 2.25. The summed E-state index contributed by atoms with van der Waals surface area (Å²) in [4.78, 5) is 0. The lowest BCUT2D eigenvalue weighted by molar-refractivity contribution is 0.416. The molecule has 0 spiro atoms. The molecule has 2 aromatic carbocycles. The monoisotopic (exact) mass is 243 g/mol. The van der Waals surface area contributed by atoms with Crippen LogP contribution in [-0.4, -0.2) is 12.2 Å². The molecule has 18 heavy (non-hydrogen) atoms. The smallest absolute Gasteiger partial charge is 0.142 e. The minimum atomic E-state index is 0.284. The van der Waals surface area contributed by atoms with Crippen LogP contribution < -0.4 is 10.1 Å². The van der Waals surface area contributed by atoms with E-state index in [0.29, 0.717) is 6.54 Å². The third-order valence-corrected chi connectivity index (χ3v) is 2.78. The minimum Gasteiger partial charge on any atom is -0.508 e. The molecule has 2 rings (SSSR count). The Morgan fingerprint density at radius 3 is 2.50 bits per heavy atom. The van der Waals surface area contributed by atoms with Crippen molar-refractivity contribution in [2.24, 2.45) is 0 Å². The summed E-state index contributed by atoms with van der Waals surface area (Å²) in [5.41, 5.74) is 3.24. The number of hydrogen-bond acceptors (Lipinski definition) is 3. The second-order valence-electron chi connectivity index (χ2n) is 4.22. The minimum absolute atomic E-state index is 0.284. The highest BCUT2D eigenvalue weighted by Gasteiger charge is 2.02. The van der Waals surface area contributed by atoms with Gasteiger partial charge in [0.2, 0.25) is 0 Å². The van der Waals surface area contributed by atoms with Gasteiger partial charge in [0, 0.05) is 6.54 Å². The maximum atomic E-state index is 9.21. The van der Waals surface area contributed by atoms with E-state index in [1.54, 1.807) is 19.2 Å². The molecule has 0 aliphatic rings. The summed E-state index contributed by atoms with van der Waals surface area (Å²) in [6, 6.07) is 13.2. The molecule has 0 aliphatic heterocycles. The van der Waals surface area contributed by atoms with Gasteiger partial charge in [0.05, 0.1) is 12.8 Å². The molecule has 0 aromatic heterocycles.